The molecule has 6 nitrogen and oxygen atoms in total. The Bertz CT molecular complexity index is 303. The molecule has 0 aliphatic carbocycles. The van der Waals surface area contributed by atoms with Crippen LogP contribution in [0.5, 0.6) is 0 Å². The second-order valence-electron chi connectivity index (χ2n) is 3.73. The van der Waals surface area contributed by atoms with Gasteiger partial charge in [-0.3, -0.25) is 15.0 Å². The van der Waals surface area contributed by atoms with Crippen molar-refractivity contribution in [3.8, 4) is 0 Å². The lowest BCUT2D eigenvalue weighted by Gasteiger charge is -2.25. The summed E-state index contributed by atoms with van der Waals surface area (Å²) in [6.07, 6.45) is -4.50. The zero-order valence-electron chi connectivity index (χ0n) is 9.55. The summed E-state index contributed by atoms with van der Waals surface area (Å²) in [5, 5.41) is 3.38. The van der Waals surface area contributed by atoms with Crippen LogP contribution in [0.15, 0.2) is 0 Å². The number of halogens is 3. The van der Waals surface area contributed by atoms with Crippen LogP contribution in [0.25, 0.3) is 0 Å². The summed E-state index contributed by atoms with van der Waals surface area (Å²) in [5.41, 5.74) is 0. The smallest absolute Gasteiger partial charge is 0.379 e. The third kappa shape index (κ3) is 6.40. The zero-order chi connectivity index (χ0) is 13.6. The fraction of sp³-hybridized carbons (Fsp3) is 0.778. The Balaban J connectivity index is 2.20. The number of urea groups is 1. The highest BCUT2D eigenvalue weighted by molar-refractivity contribution is 5.95. The van der Waals surface area contributed by atoms with Crippen LogP contribution in [-0.2, 0) is 9.53 Å². The normalized spacial score (nSPS) is 17.3. The number of hydrogen-bond acceptors (Lipinski definition) is 4. The maximum atomic E-state index is 11.8. The quantitative estimate of drug-likeness (QED) is 0.738. The second kappa shape index (κ2) is 6.55. The van der Waals surface area contributed by atoms with Crippen LogP contribution in [-0.4, -0.2) is 62.4 Å². The van der Waals surface area contributed by atoms with Crippen molar-refractivity contribution in [1.82, 2.24) is 15.5 Å². The molecule has 1 aliphatic rings. The van der Waals surface area contributed by atoms with Gasteiger partial charge < -0.3 is 10.1 Å². The van der Waals surface area contributed by atoms with Gasteiger partial charge in [-0.2, -0.15) is 13.2 Å². The molecule has 0 aromatic rings. The molecule has 104 valence electrons. The number of alkyl halides is 3. The van der Waals surface area contributed by atoms with Crippen molar-refractivity contribution in [3.63, 3.8) is 0 Å². The molecule has 0 bridgehead atoms. The lowest BCUT2D eigenvalue weighted by Crippen LogP contribution is -2.48. The van der Waals surface area contributed by atoms with E-state index in [0.717, 1.165) is 0 Å². The first-order chi connectivity index (χ1) is 8.37. The second-order valence-corrected chi connectivity index (χ2v) is 3.73. The minimum Gasteiger partial charge on any atom is -0.379 e. The van der Waals surface area contributed by atoms with Gasteiger partial charge in [0, 0.05) is 13.1 Å². The number of nitrogens with one attached hydrogen (secondary N) is 2. The van der Waals surface area contributed by atoms with Gasteiger partial charge in [0.1, 0.15) is 6.54 Å². The van der Waals surface area contributed by atoms with E-state index in [-0.39, 0.29) is 6.54 Å². The summed E-state index contributed by atoms with van der Waals surface area (Å²) in [6, 6.07) is -1.15. The number of imide groups is 1. The van der Waals surface area contributed by atoms with Crippen molar-refractivity contribution in [1.29, 1.82) is 0 Å². The van der Waals surface area contributed by atoms with Gasteiger partial charge in [0.05, 0.1) is 19.8 Å². The summed E-state index contributed by atoms with van der Waals surface area (Å²) in [5.74, 6) is -0.642. The first-order valence-electron chi connectivity index (χ1n) is 5.31. The van der Waals surface area contributed by atoms with E-state index in [2.05, 4.69) is 0 Å². The molecule has 2 N–H and O–H groups in total. The van der Waals surface area contributed by atoms with Gasteiger partial charge in [0.15, 0.2) is 0 Å². The molecule has 1 fully saturated rings. The van der Waals surface area contributed by atoms with E-state index in [1.54, 1.807) is 10.2 Å². The summed E-state index contributed by atoms with van der Waals surface area (Å²) in [6.45, 7) is 0.586. The van der Waals surface area contributed by atoms with E-state index >= 15 is 0 Å². The molecule has 0 aromatic carbocycles. The third-order valence-electron chi connectivity index (χ3n) is 2.17. The molecular formula is C9H14F3N3O3. The van der Waals surface area contributed by atoms with Gasteiger partial charge >= 0.3 is 12.2 Å². The standard InChI is InChI=1S/C9H14F3N3O3/c10-9(11,12)6-13-8(17)14-7(16)5-15-1-3-18-4-2-15/h1-6H2,(H2,13,14,16,17). The highest BCUT2D eigenvalue weighted by atomic mass is 19.4. The number of carbonyl (C=O) groups excluding carboxylic acids is 2. The molecule has 3 amide bonds. The molecule has 0 radical (unpaired) electrons. The molecule has 9 heteroatoms. The zero-order valence-corrected chi connectivity index (χ0v) is 9.55. The number of hydrogen-bond donors (Lipinski definition) is 2. The number of morpholine rings is 1. The molecule has 1 aliphatic heterocycles. The van der Waals surface area contributed by atoms with Gasteiger partial charge in [0.25, 0.3) is 0 Å². The Labute approximate surface area is 101 Å². The van der Waals surface area contributed by atoms with Gasteiger partial charge in [0.2, 0.25) is 5.91 Å². The van der Waals surface area contributed by atoms with Crippen molar-refractivity contribution in [3.05, 3.63) is 0 Å². The Morgan fingerprint density at radius 3 is 2.39 bits per heavy atom. The van der Waals surface area contributed by atoms with Gasteiger partial charge in [-0.25, -0.2) is 4.79 Å². The predicted molar refractivity (Wildman–Crippen MR) is 54.9 cm³/mol. The van der Waals surface area contributed by atoms with Crippen LogP contribution in [0.3, 0.4) is 0 Å². The number of ether oxygens (including phenoxy) is 1. The van der Waals surface area contributed by atoms with Gasteiger partial charge in [-0.05, 0) is 0 Å². The fourth-order valence-corrected chi connectivity index (χ4v) is 1.35. The minimum atomic E-state index is -4.50. The number of carbonyl (C=O) groups is 2. The van der Waals surface area contributed by atoms with E-state index in [4.69, 9.17) is 4.74 Å². The van der Waals surface area contributed by atoms with Crippen LogP contribution in [0.2, 0.25) is 0 Å². The lowest BCUT2D eigenvalue weighted by molar-refractivity contribution is -0.125. The topological polar surface area (TPSA) is 70.7 Å². The minimum absolute atomic E-state index is 0.0389. The number of nitrogens with zero attached hydrogens (tertiary/aromatic N) is 1. The average molecular weight is 269 g/mol. The maximum absolute atomic E-state index is 11.8. The first kappa shape index (κ1) is 14.7. The van der Waals surface area contributed by atoms with Crippen LogP contribution in [0.4, 0.5) is 18.0 Å². The van der Waals surface area contributed by atoms with Crippen LogP contribution in [0.1, 0.15) is 0 Å². The largest absolute Gasteiger partial charge is 0.405 e. The molecule has 0 unspecified atom stereocenters. The SMILES string of the molecule is O=C(CN1CCOCC1)NC(=O)NCC(F)(F)F. The van der Waals surface area contributed by atoms with Crippen LogP contribution in [0, 0.1) is 0 Å². The molecule has 0 saturated carbocycles. The van der Waals surface area contributed by atoms with Crippen LogP contribution >= 0.6 is 0 Å². The Morgan fingerprint density at radius 1 is 1.22 bits per heavy atom. The van der Waals surface area contributed by atoms with Crippen molar-refractivity contribution in [2.24, 2.45) is 0 Å². The summed E-state index contributed by atoms with van der Waals surface area (Å²) >= 11 is 0. The fourth-order valence-electron chi connectivity index (χ4n) is 1.35. The summed E-state index contributed by atoms with van der Waals surface area (Å²) < 4.78 is 40.4. The van der Waals surface area contributed by atoms with E-state index < -0.39 is 24.7 Å². The molecule has 18 heavy (non-hydrogen) atoms. The molecule has 1 saturated heterocycles. The van der Waals surface area contributed by atoms with Crippen molar-refractivity contribution in [2.75, 3.05) is 39.4 Å². The number of amides is 3. The predicted octanol–water partition coefficient (Wildman–Crippen LogP) is -0.293. The maximum Gasteiger partial charge on any atom is 0.405 e. The Kier molecular flexibility index (Phi) is 5.35. The molecule has 1 heterocycles. The van der Waals surface area contributed by atoms with Crippen molar-refractivity contribution in [2.45, 2.75) is 6.18 Å². The first-order valence-corrected chi connectivity index (χ1v) is 5.31. The molecule has 1 rings (SSSR count). The van der Waals surface area contributed by atoms with Crippen LogP contribution < -0.4 is 10.6 Å². The summed E-state index contributed by atoms with van der Waals surface area (Å²) in [7, 11) is 0. The molecule has 0 spiro atoms. The Hall–Kier alpha value is -1.35. The monoisotopic (exact) mass is 269 g/mol. The Morgan fingerprint density at radius 2 is 1.83 bits per heavy atom. The van der Waals surface area contributed by atoms with E-state index in [0.29, 0.717) is 26.3 Å². The highest BCUT2D eigenvalue weighted by Gasteiger charge is 2.28. The van der Waals surface area contributed by atoms with Gasteiger partial charge in [-0.1, -0.05) is 0 Å². The molecular weight excluding hydrogens is 255 g/mol. The van der Waals surface area contributed by atoms with E-state index in [1.165, 1.54) is 0 Å². The summed E-state index contributed by atoms with van der Waals surface area (Å²) in [4.78, 5) is 24.0. The van der Waals surface area contributed by atoms with E-state index in [1.807, 2.05) is 5.32 Å². The van der Waals surface area contributed by atoms with Gasteiger partial charge in [-0.15, -0.1) is 0 Å². The van der Waals surface area contributed by atoms with E-state index in [9.17, 15) is 22.8 Å². The number of rotatable bonds is 3. The molecule has 0 aromatic heterocycles. The highest BCUT2D eigenvalue weighted by Crippen LogP contribution is 2.11. The molecule has 0 atom stereocenters. The van der Waals surface area contributed by atoms with Crippen molar-refractivity contribution < 1.29 is 27.5 Å². The lowest BCUT2D eigenvalue weighted by atomic mass is 10.4. The third-order valence-corrected chi connectivity index (χ3v) is 2.17. The van der Waals surface area contributed by atoms with Crippen molar-refractivity contribution >= 4 is 11.9 Å². The average Bonchev–Trinajstić information content (AvgIpc) is 2.26.